The number of hydrogen-bond donors (Lipinski definition) is 4. The minimum Gasteiger partial charge on any atom is -0.394 e. The number of aryl methyl sites for hydroxylation is 1. The van der Waals surface area contributed by atoms with E-state index in [1.54, 1.807) is 12.5 Å². The second-order valence-corrected chi connectivity index (χ2v) is 7.19. The number of aliphatic hydroxyl groups is 2. The van der Waals surface area contributed by atoms with Crippen molar-refractivity contribution in [3.8, 4) is 0 Å². The first-order valence-electron chi connectivity index (χ1n) is 9.20. The molecule has 3 heterocycles. The third-order valence-corrected chi connectivity index (χ3v) is 4.93. The summed E-state index contributed by atoms with van der Waals surface area (Å²) in [7, 11) is 0. The van der Waals surface area contributed by atoms with Crippen molar-refractivity contribution < 1.29 is 10.2 Å². The lowest BCUT2D eigenvalue weighted by Gasteiger charge is -2.13. The monoisotopic (exact) mass is 412 g/mol. The number of nitrogens with zero attached hydrogens (tertiary/aromatic N) is 4. The van der Waals surface area contributed by atoms with E-state index in [9.17, 15) is 5.11 Å². The molecule has 0 aliphatic rings. The van der Waals surface area contributed by atoms with Gasteiger partial charge in [-0.1, -0.05) is 23.7 Å². The Hall–Kier alpha value is -2.78. The molecule has 0 amide bonds. The summed E-state index contributed by atoms with van der Waals surface area (Å²) in [6.45, 7) is 2.45. The first-order chi connectivity index (χ1) is 14.1. The number of rotatable bonds is 7. The Labute approximate surface area is 172 Å². The van der Waals surface area contributed by atoms with Crippen molar-refractivity contribution in [1.29, 1.82) is 0 Å². The molecule has 0 unspecified atom stereocenters. The Morgan fingerprint density at radius 3 is 2.86 bits per heavy atom. The van der Waals surface area contributed by atoms with Crippen LogP contribution in [0.4, 0.5) is 11.5 Å². The van der Waals surface area contributed by atoms with Crippen molar-refractivity contribution in [3.05, 3.63) is 59.1 Å². The van der Waals surface area contributed by atoms with Gasteiger partial charge in [0.1, 0.15) is 17.4 Å². The zero-order valence-corrected chi connectivity index (χ0v) is 16.6. The molecule has 0 bridgehead atoms. The molecule has 9 heteroatoms. The summed E-state index contributed by atoms with van der Waals surface area (Å²) in [6, 6.07) is 9.49. The average molecular weight is 413 g/mol. The van der Waals surface area contributed by atoms with Crippen molar-refractivity contribution in [2.45, 2.75) is 19.6 Å². The molecule has 1 atom stereocenters. The van der Waals surface area contributed by atoms with Gasteiger partial charge in [0.05, 0.1) is 35.3 Å². The molecule has 29 heavy (non-hydrogen) atoms. The topological polar surface area (TPSA) is 108 Å². The fourth-order valence-electron chi connectivity index (χ4n) is 3.09. The summed E-state index contributed by atoms with van der Waals surface area (Å²) in [6.07, 6.45) is 2.63. The van der Waals surface area contributed by atoms with E-state index in [2.05, 4.69) is 20.6 Å². The van der Waals surface area contributed by atoms with E-state index in [0.29, 0.717) is 28.5 Å². The van der Waals surface area contributed by atoms with Gasteiger partial charge in [-0.25, -0.2) is 15.0 Å². The lowest BCUT2D eigenvalue weighted by Crippen LogP contribution is -2.29. The highest BCUT2D eigenvalue weighted by atomic mass is 35.5. The number of nitrogens with one attached hydrogen (secondary N) is 2. The molecule has 0 spiro atoms. The second-order valence-electron chi connectivity index (χ2n) is 6.78. The number of fused-ring (bicyclic) bond motifs is 3. The lowest BCUT2D eigenvalue weighted by molar-refractivity contribution is 0.0941. The number of halogens is 1. The minimum atomic E-state index is -0.792. The fourth-order valence-corrected chi connectivity index (χ4v) is 3.36. The van der Waals surface area contributed by atoms with Crippen LogP contribution in [-0.2, 0) is 6.54 Å². The highest BCUT2D eigenvalue weighted by molar-refractivity contribution is 6.33. The normalized spacial score (nSPS) is 12.6. The largest absolute Gasteiger partial charge is 0.394 e. The number of pyridine rings is 1. The predicted octanol–water partition coefficient (Wildman–Crippen LogP) is 2.43. The van der Waals surface area contributed by atoms with E-state index in [-0.39, 0.29) is 13.2 Å². The number of para-hydroxylation sites is 1. The van der Waals surface area contributed by atoms with Crippen LogP contribution in [0, 0.1) is 6.92 Å². The van der Waals surface area contributed by atoms with E-state index in [1.165, 1.54) is 0 Å². The van der Waals surface area contributed by atoms with Crippen LogP contribution in [0.2, 0.25) is 5.02 Å². The van der Waals surface area contributed by atoms with E-state index >= 15 is 0 Å². The summed E-state index contributed by atoms with van der Waals surface area (Å²) in [5, 5.41) is 25.4. The van der Waals surface area contributed by atoms with Gasteiger partial charge in [-0.05, 0) is 30.7 Å². The summed E-state index contributed by atoms with van der Waals surface area (Å²) in [5.41, 5.74) is 4.79. The Morgan fingerprint density at radius 1 is 1.21 bits per heavy atom. The average Bonchev–Trinajstić information content (AvgIpc) is 3.21. The number of hydrogen-bond acceptors (Lipinski definition) is 7. The molecular formula is C20H21ClN6O2. The number of anilines is 2. The Kier molecular flexibility index (Phi) is 5.59. The second kappa shape index (κ2) is 8.30. The maximum atomic E-state index is 9.44. The molecule has 3 aromatic heterocycles. The first kappa shape index (κ1) is 19.5. The van der Waals surface area contributed by atoms with E-state index in [4.69, 9.17) is 21.7 Å². The molecule has 0 saturated heterocycles. The lowest BCUT2D eigenvalue weighted by atomic mass is 10.2. The molecule has 0 saturated carbocycles. The Bertz CT molecular complexity index is 1140. The summed E-state index contributed by atoms with van der Waals surface area (Å²) >= 11 is 6.36. The van der Waals surface area contributed by atoms with Gasteiger partial charge in [-0.15, -0.1) is 0 Å². The van der Waals surface area contributed by atoms with Crippen molar-refractivity contribution >= 4 is 39.8 Å². The molecule has 4 N–H and O–H groups in total. The van der Waals surface area contributed by atoms with Gasteiger partial charge in [-0.3, -0.25) is 4.40 Å². The molecule has 8 nitrogen and oxygen atoms in total. The highest BCUT2D eigenvalue weighted by Gasteiger charge is 2.13. The highest BCUT2D eigenvalue weighted by Crippen LogP contribution is 2.30. The van der Waals surface area contributed by atoms with Gasteiger partial charge in [0.15, 0.2) is 11.5 Å². The number of aliphatic hydroxyl groups excluding tert-OH is 2. The zero-order valence-electron chi connectivity index (χ0n) is 15.8. The number of benzene rings is 1. The predicted molar refractivity (Wildman–Crippen MR) is 113 cm³/mol. The molecule has 1 aromatic carbocycles. The SMILES string of the molecule is Cc1cccc(Cl)c1Nc1nc2ccc(CNC[C@@H](O)CO)nc2n2cncc12. The van der Waals surface area contributed by atoms with Crippen molar-refractivity contribution in [2.24, 2.45) is 0 Å². The van der Waals surface area contributed by atoms with Crippen molar-refractivity contribution in [3.63, 3.8) is 0 Å². The van der Waals surface area contributed by atoms with Crippen LogP contribution in [0.15, 0.2) is 42.9 Å². The molecule has 0 aliphatic heterocycles. The fraction of sp³-hybridized carbons (Fsp3) is 0.250. The van der Waals surface area contributed by atoms with E-state index < -0.39 is 6.10 Å². The van der Waals surface area contributed by atoms with Gasteiger partial charge in [0.25, 0.3) is 0 Å². The van der Waals surface area contributed by atoms with Gasteiger partial charge >= 0.3 is 0 Å². The minimum absolute atomic E-state index is 0.279. The van der Waals surface area contributed by atoms with Crippen LogP contribution in [0.5, 0.6) is 0 Å². The Balaban J connectivity index is 1.69. The Morgan fingerprint density at radius 2 is 2.07 bits per heavy atom. The van der Waals surface area contributed by atoms with Gasteiger partial charge in [-0.2, -0.15) is 0 Å². The van der Waals surface area contributed by atoms with Gasteiger partial charge in [0, 0.05) is 13.1 Å². The smallest absolute Gasteiger partial charge is 0.164 e. The molecular weight excluding hydrogens is 392 g/mol. The molecule has 4 rings (SSSR count). The van der Waals surface area contributed by atoms with Crippen molar-refractivity contribution in [1.82, 2.24) is 24.7 Å². The summed E-state index contributed by atoms with van der Waals surface area (Å²) < 4.78 is 1.88. The number of aromatic nitrogens is 4. The van der Waals surface area contributed by atoms with Crippen LogP contribution in [-0.4, -0.2) is 48.8 Å². The molecule has 4 aromatic rings. The summed E-state index contributed by atoms with van der Waals surface area (Å²) in [5.74, 6) is 0.643. The standard InChI is InChI=1S/C20H21ClN6O2/c1-12-3-2-4-15(21)18(12)26-19-17-9-23-11-27(17)20-16(25-19)6-5-13(24-20)7-22-8-14(29)10-28/h2-6,9,11,14,22,28-29H,7-8,10H2,1H3,(H,25,26)/t14-/m1/s1. The van der Waals surface area contributed by atoms with Gasteiger partial charge in [0.2, 0.25) is 0 Å². The maximum Gasteiger partial charge on any atom is 0.164 e. The van der Waals surface area contributed by atoms with Crippen LogP contribution < -0.4 is 10.6 Å². The first-order valence-corrected chi connectivity index (χ1v) is 9.58. The van der Waals surface area contributed by atoms with Crippen LogP contribution in [0.25, 0.3) is 16.7 Å². The molecule has 0 aliphatic carbocycles. The third-order valence-electron chi connectivity index (χ3n) is 4.62. The summed E-state index contributed by atoms with van der Waals surface area (Å²) in [4.78, 5) is 13.7. The molecule has 0 radical (unpaired) electrons. The molecule has 0 fully saturated rings. The van der Waals surface area contributed by atoms with E-state index in [1.807, 2.05) is 41.7 Å². The molecule has 150 valence electrons. The van der Waals surface area contributed by atoms with E-state index in [0.717, 1.165) is 22.5 Å². The van der Waals surface area contributed by atoms with Gasteiger partial charge < -0.3 is 20.8 Å². The maximum absolute atomic E-state index is 9.44. The third kappa shape index (κ3) is 4.01. The van der Waals surface area contributed by atoms with Crippen molar-refractivity contribution in [2.75, 3.05) is 18.5 Å². The van der Waals surface area contributed by atoms with Crippen LogP contribution in [0.3, 0.4) is 0 Å². The van der Waals surface area contributed by atoms with Crippen LogP contribution in [0.1, 0.15) is 11.3 Å². The quantitative estimate of drug-likeness (QED) is 0.369. The van der Waals surface area contributed by atoms with Crippen LogP contribution >= 0.6 is 11.6 Å². The number of imidazole rings is 1. The zero-order chi connectivity index (χ0) is 20.4.